The summed E-state index contributed by atoms with van der Waals surface area (Å²) in [4.78, 5) is 18.8. The van der Waals surface area contributed by atoms with E-state index in [1.807, 2.05) is 0 Å². The summed E-state index contributed by atoms with van der Waals surface area (Å²) in [6.07, 6.45) is 0. The quantitative estimate of drug-likeness (QED) is 0.674. The first-order chi connectivity index (χ1) is 10.2. The van der Waals surface area contributed by atoms with Crippen molar-refractivity contribution < 1.29 is 23.7 Å². The smallest absolute Gasteiger partial charge is 0.272 e. The van der Waals surface area contributed by atoms with E-state index in [4.69, 9.17) is 5.11 Å². The second-order valence-corrected chi connectivity index (χ2v) is 4.08. The van der Waals surface area contributed by atoms with Gasteiger partial charge in [0.25, 0.3) is 11.4 Å². The maximum absolute atomic E-state index is 12.6. The number of phenolic OH excluding ortho intramolecular Hbond substituents is 1. The molecule has 0 bridgehead atoms. The molecule has 116 valence electrons. The van der Waals surface area contributed by atoms with Gasteiger partial charge in [-0.2, -0.15) is 0 Å². The fraction of sp³-hybridized carbons (Fsp3) is 0.0769. The zero-order valence-electron chi connectivity index (χ0n) is 11.2. The molecule has 0 saturated carbocycles. The lowest BCUT2D eigenvalue weighted by Crippen LogP contribution is -1.89. The number of hydrogen-bond acceptors (Lipinski definition) is 5. The van der Waals surface area contributed by atoms with Crippen molar-refractivity contribution in [1.82, 2.24) is 0 Å². The van der Waals surface area contributed by atoms with Gasteiger partial charge < -0.3 is 5.11 Å². The molecule has 0 radical (unpaired) electrons. The van der Waals surface area contributed by atoms with Gasteiger partial charge in [0.05, 0.1) is 22.0 Å². The monoisotopic (exact) mass is 312 g/mol. The predicted octanol–water partition coefficient (Wildman–Crippen LogP) is 3.48. The number of aromatic hydroxyl groups is 1. The van der Waals surface area contributed by atoms with Gasteiger partial charge in [0.2, 0.25) is 0 Å². The lowest BCUT2D eigenvalue weighted by molar-refractivity contribution is -0.385. The molecule has 0 unspecified atom stereocenters. The molecule has 0 amide bonds. The molecule has 0 aliphatic carbocycles. The van der Waals surface area contributed by atoms with Crippen LogP contribution >= 0.6 is 0 Å². The maximum atomic E-state index is 12.6. The van der Waals surface area contributed by atoms with Crippen molar-refractivity contribution in [2.45, 2.75) is 6.92 Å². The van der Waals surface area contributed by atoms with Crippen LogP contribution in [0.25, 0.3) is 0 Å². The van der Waals surface area contributed by atoms with Gasteiger partial charge in [0.15, 0.2) is 11.6 Å². The van der Waals surface area contributed by atoms with Gasteiger partial charge in [-0.25, -0.2) is 8.78 Å². The molecule has 2 aromatic carbocycles. The molecule has 0 aliphatic heterocycles. The van der Waals surface area contributed by atoms with Crippen molar-refractivity contribution in [1.29, 1.82) is 0 Å². The highest BCUT2D eigenvalue weighted by Gasteiger charge is 2.09. The molecule has 0 fully saturated rings. The maximum Gasteiger partial charge on any atom is 0.272 e. The Balaban J connectivity index is 0.000000220. The van der Waals surface area contributed by atoms with Gasteiger partial charge in [-0.05, 0) is 24.6 Å². The van der Waals surface area contributed by atoms with Gasteiger partial charge in [-0.3, -0.25) is 20.2 Å². The average molecular weight is 312 g/mol. The molecule has 0 spiro atoms. The molecule has 7 nitrogen and oxygen atoms in total. The Labute approximate surface area is 122 Å². The van der Waals surface area contributed by atoms with E-state index in [9.17, 15) is 29.0 Å². The van der Waals surface area contributed by atoms with E-state index in [1.54, 1.807) is 6.92 Å². The van der Waals surface area contributed by atoms with Crippen LogP contribution in [0.1, 0.15) is 5.56 Å². The number of halogens is 2. The molecular weight excluding hydrogens is 302 g/mol. The topological polar surface area (TPSA) is 107 Å². The second kappa shape index (κ2) is 7.07. The molecule has 22 heavy (non-hydrogen) atoms. The van der Waals surface area contributed by atoms with E-state index in [-0.39, 0.29) is 11.4 Å². The fourth-order valence-electron chi connectivity index (χ4n) is 1.30. The van der Waals surface area contributed by atoms with Crippen LogP contribution in [0.5, 0.6) is 5.75 Å². The summed E-state index contributed by atoms with van der Waals surface area (Å²) in [5, 5.41) is 28.8. The van der Waals surface area contributed by atoms with Crippen LogP contribution in [0, 0.1) is 38.8 Å². The summed E-state index contributed by atoms with van der Waals surface area (Å²) in [6, 6.07) is 6.20. The number of nitro groups is 2. The van der Waals surface area contributed by atoms with Crippen molar-refractivity contribution >= 4 is 11.4 Å². The molecule has 0 aliphatic rings. The Bertz CT molecular complexity index is 660. The Kier molecular flexibility index (Phi) is 5.44. The number of aryl methyl sites for hydroxylation is 1. The second-order valence-electron chi connectivity index (χ2n) is 4.08. The van der Waals surface area contributed by atoms with Crippen molar-refractivity contribution in [3.8, 4) is 5.75 Å². The Hall–Kier alpha value is -3.10. The first-order valence-corrected chi connectivity index (χ1v) is 5.76. The summed E-state index contributed by atoms with van der Waals surface area (Å²) in [5.41, 5.74) is -0.177. The van der Waals surface area contributed by atoms with Crippen molar-refractivity contribution in [2.24, 2.45) is 0 Å². The molecule has 0 saturated heterocycles. The number of non-ortho nitro benzene ring substituents is 2. The van der Waals surface area contributed by atoms with E-state index >= 15 is 0 Å². The van der Waals surface area contributed by atoms with Crippen LogP contribution in [-0.2, 0) is 0 Å². The lowest BCUT2D eigenvalue weighted by atomic mass is 10.2. The van der Waals surface area contributed by atoms with Crippen LogP contribution in [-0.4, -0.2) is 15.0 Å². The summed E-state index contributed by atoms with van der Waals surface area (Å²) in [7, 11) is 0. The molecule has 0 aromatic heterocycles. The van der Waals surface area contributed by atoms with Crippen molar-refractivity contribution in [3.63, 3.8) is 0 Å². The summed E-state index contributed by atoms with van der Waals surface area (Å²) < 4.78 is 25.0. The number of nitro benzene ring substituents is 2. The third-order valence-electron chi connectivity index (χ3n) is 2.51. The lowest BCUT2D eigenvalue weighted by Gasteiger charge is -1.93. The molecule has 2 rings (SSSR count). The summed E-state index contributed by atoms with van der Waals surface area (Å²) in [6.45, 7) is 1.55. The SMILES string of the molecule is Cc1ccc([N+](=O)[O-])cc1F.O=[N+]([O-])c1ccc(O)c(F)c1. The van der Waals surface area contributed by atoms with Gasteiger partial charge in [-0.15, -0.1) is 0 Å². The number of phenols is 1. The third kappa shape index (κ3) is 4.47. The summed E-state index contributed by atoms with van der Waals surface area (Å²) >= 11 is 0. The minimum absolute atomic E-state index is 0.215. The third-order valence-corrected chi connectivity index (χ3v) is 2.51. The summed E-state index contributed by atoms with van der Waals surface area (Å²) in [5.74, 6) is -2.12. The number of rotatable bonds is 2. The van der Waals surface area contributed by atoms with Gasteiger partial charge >= 0.3 is 0 Å². The molecule has 0 heterocycles. The van der Waals surface area contributed by atoms with Crippen molar-refractivity contribution in [3.05, 3.63) is 73.8 Å². The number of benzene rings is 2. The van der Waals surface area contributed by atoms with E-state index in [0.717, 1.165) is 18.2 Å². The van der Waals surface area contributed by atoms with Crippen LogP contribution in [0.4, 0.5) is 20.2 Å². The highest BCUT2D eigenvalue weighted by atomic mass is 19.1. The minimum atomic E-state index is -0.987. The van der Waals surface area contributed by atoms with E-state index < -0.39 is 27.2 Å². The molecule has 9 heteroatoms. The Morgan fingerprint density at radius 3 is 1.77 bits per heavy atom. The normalized spacial score (nSPS) is 9.59. The molecular formula is C13H10F2N2O5. The van der Waals surface area contributed by atoms with E-state index in [1.165, 1.54) is 12.1 Å². The predicted molar refractivity (Wildman–Crippen MR) is 72.5 cm³/mol. The fourth-order valence-corrected chi connectivity index (χ4v) is 1.30. The first-order valence-electron chi connectivity index (χ1n) is 5.76. The zero-order chi connectivity index (χ0) is 16.9. The highest BCUT2D eigenvalue weighted by Crippen LogP contribution is 2.20. The van der Waals surface area contributed by atoms with Gasteiger partial charge in [-0.1, -0.05) is 0 Å². The van der Waals surface area contributed by atoms with Gasteiger partial charge in [0, 0.05) is 12.1 Å². The average Bonchev–Trinajstić information content (AvgIpc) is 2.45. The van der Waals surface area contributed by atoms with Crippen molar-refractivity contribution in [2.75, 3.05) is 0 Å². The largest absolute Gasteiger partial charge is 0.505 e. The number of hydrogen-bond donors (Lipinski definition) is 1. The minimum Gasteiger partial charge on any atom is -0.505 e. The molecule has 0 atom stereocenters. The van der Waals surface area contributed by atoms with Crippen LogP contribution in [0.15, 0.2) is 36.4 Å². The van der Waals surface area contributed by atoms with Crippen LogP contribution in [0.2, 0.25) is 0 Å². The number of nitrogens with zero attached hydrogens (tertiary/aromatic N) is 2. The highest BCUT2D eigenvalue weighted by molar-refractivity contribution is 5.36. The zero-order valence-corrected chi connectivity index (χ0v) is 11.2. The standard InChI is InChI=1S/C7H6FNO2.C6H4FNO3/c1-5-2-3-6(9(10)11)4-7(5)8;7-5-3-4(8(10)11)1-2-6(5)9/h2-4H,1H3;1-3,9H. The van der Waals surface area contributed by atoms with E-state index in [2.05, 4.69) is 0 Å². The van der Waals surface area contributed by atoms with Crippen LogP contribution < -0.4 is 0 Å². The van der Waals surface area contributed by atoms with E-state index in [0.29, 0.717) is 11.6 Å². The molecule has 2 aromatic rings. The first kappa shape index (κ1) is 17.0. The van der Waals surface area contributed by atoms with Crippen LogP contribution in [0.3, 0.4) is 0 Å². The Morgan fingerprint density at radius 2 is 1.36 bits per heavy atom. The van der Waals surface area contributed by atoms with Gasteiger partial charge in [0.1, 0.15) is 5.82 Å². The molecule has 1 N–H and O–H groups in total. The Morgan fingerprint density at radius 1 is 0.909 bits per heavy atom.